The van der Waals surface area contributed by atoms with E-state index in [9.17, 15) is 0 Å². The first-order chi connectivity index (χ1) is 10.8. The molecule has 7 heteroatoms. The summed E-state index contributed by atoms with van der Waals surface area (Å²) in [6, 6.07) is 0. The van der Waals surface area contributed by atoms with Crippen LogP contribution in [-0.4, -0.2) is 69.2 Å². The zero-order chi connectivity index (χ0) is 16.7. The van der Waals surface area contributed by atoms with Gasteiger partial charge in [0.15, 0.2) is 11.6 Å². The topological polar surface area (TPSA) is 64.6 Å². The van der Waals surface area contributed by atoms with Crippen LogP contribution in [0.3, 0.4) is 0 Å². The van der Waals surface area contributed by atoms with E-state index >= 15 is 0 Å². The highest BCUT2D eigenvalue weighted by molar-refractivity contribution is 4.98. The van der Waals surface area contributed by atoms with E-state index < -0.39 is 11.6 Å². The number of rotatable bonds is 5. The van der Waals surface area contributed by atoms with Crippen molar-refractivity contribution in [3.63, 3.8) is 0 Å². The van der Waals surface area contributed by atoms with Gasteiger partial charge in [-0.3, -0.25) is 0 Å². The van der Waals surface area contributed by atoms with Crippen LogP contribution in [0.5, 0.6) is 0 Å². The molecule has 0 unspecified atom stereocenters. The predicted molar refractivity (Wildman–Crippen MR) is 79.8 cm³/mol. The monoisotopic (exact) mass is 332 g/mol. The Balaban J connectivity index is 1.73. The second kappa shape index (κ2) is 6.55. The molecule has 0 aromatic carbocycles. The fraction of sp³-hybridized carbons (Fsp3) is 1.00. The molecular formula is C16H28O7. The molecule has 0 N–H and O–H groups in total. The Morgan fingerprint density at radius 2 is 1.70 bits per heavy atom. The summed E-state index contributed by atoms with van der Waals surface area (Å²) in [7, 11) is 1.61. The number of ether oxygens (including phenoxy) is 7. The van der Waals surface area contributed by atoms with Crippen molar-refractivity contribution < 1.29 is 33.2 Å². The summed E-state index contributed by atoms with van der Waals surface area (Å²) in [6.45, 7) is 8.96. The maximum Gasteiger partial charge on any atom is 0.164 e. The van der Waals surface area contributed by atoms with E-state index in [1.54, 1.807) is 7.11 Å². The van der Waals surface area contributed by atoms with Gasteiger partial charge < -0.3 is 33.2 Å². The van der Waals surface area contributed by atoms with Crippen LogP contribution in [0.2, 0.25) is 0 Å². The van der Waals surface area contributed by atoms with Crippen LogP contribution in [0.4, 0.5) is 0 Å². The highest BCUT2D eigenvalue weighted by atomic mass is 16.8. The standard InChI is InChI=1S/C16H28O7/c1-15(2)20-8-11(21-15)13-14(23-16(3,4)22-13)12-10(6-7-18-12)19-9-17-5/h10-14H,6-9H2,1-5H3/t10-,11-,12+,13+,14+/m1/s1. The molecule has 3 fully saturated rings. The molecule has 3 rings (SSSR count). The van der Waals surface area contributed by atoms with Gasteiger partial charge in [-0.1, -0.05) is 0 Å². The largest absolute Gasteiger partial charge is 0.373 e. The molecule has 0 saturated carbocycles. The Bertz CT molecular complexity index is 411. The lowest BCUT2D eigenvalue weighted by Gasteiger charge is -2.29. The molecule has 3 heterocycles. The van der Waals surface area contributed by atoms with Crippen LogP contribution in [-0.2, 0) is 33.2 Å². The van der Waals surface area contributed by atoms with E-state index in [0.29, 0.717) is 13.2 Å². The highest BCUT2D eigenvalue weighted by Gasteiger charge is 2.54. The smallest absolute Gasteiger partial charge is 0.164 e. The third-order valence-corrected chi connectivity index (χ3v) is 4.36. The van der Waals surface area contributed by atoms with Crippen LogP contribution in [0, 0.1) is 0 Å². The third kappa shape index (κ3) is 3.87. The van der Waals surface area contributed by atoms with Crippen LogP contribution < -0.4 is 0 Å². The molecule has 7 nitrogen and oxygen atoms in total. The summed E-state index contributed by atoms with van der Waals surface area (Å²) in [5.74, 6) is -1.29. The molecule has 0 aromatic rings. The van der Waals surface area contributed by atoms with Gasteiger partial charge in [0.25, 0.3) is 0 Å². The molecule has 3 saturated heterocycles. The lowest BCUT2D eigenvalue weighted by Crippen LogP contribution is -2.47. The van der Waals surface area contributed by atoms with Crippen molar-refractivity contribution in [1.29, 1.82) is 0 Å². The van der Waals surface area contributed by atoms with Crippen molar-refractivity contribution in [3.8, 4) is 0 Å². The van der Waals surface area contributed by atoms with Gasteiger partial charge in [0.2, 0.25) is 0 Å². The Morgan fingerprint density at radius 1 is 0.957 bits per heavy atom. The van der Waals surface area contributed by atoms with E-state index in [1.165, 1.54) is 0 Å². The lowest BCUT2D eigenvalue weighted by molar-refractivity contribution is -0.177. The molecule has 0 radical (unpaired) electrons. The number of hydrogen-bond donors (Lipinski definition) is 0. The summed E-state index contributed by atoms with van der Waals surface area (Å²) in [5.41, 5.74) is 0. The van der Waals surface area contributed by atoms with Crippen LogP contribution >= 0.6 is 0 Å². The van der Waals surface area contributed by atoms with Crippen molar-refractivity contribution in [1.82, 2.24) is 0 Å². The summed E-state index contributed by atoms with van der Waals surface area (Å²) < 4.78 is 40.6. The maximum absolute atomic E-state index is 6.13. The van der Waals surface area contributed by atoms with Gasteiger partial charge in [0.05, 0.1) is 12.7 Å². The normalized spacial score (nSPS) is 42.4. The number of hydrogen-bond acceptors (Lipinski definition) is 7. The molecule has 0 amide bonds. The van der Waals surface area contributed by atoms with Gasteiger partial charge in [-0.05, 0) is 34.1 Å². The van der Waals surface area contributed by atoms with Gasteiger partial charge in [-0.25, -0.2) is 0 Å². The minimum Gasteiger partial charge on any atom is -0.373 e. The van der Waals surface area contributed by atoms with E-state index in [2.05, 4.69) is 0 Å². The molecule has 0 spiro atoms. The molecule has 23 heavy (non-hydrogen) atoms. The summed E-state index contributed by atoms with van der Waals surface area (Å²) in [5, 5.41) is 0. The fourth-order valence-electron chi connectivity index (χ4n) is 3.47. The van der Waals surface area contributed by atoms with E-state index in [4.69, 9.17) is 33.2 Å². The van der Waals surface area contributed by atoms with Crippen molar-refractivity contribution in [3.05, 3.63) is 0 Å². The van der Waals surface area contributed by atoms with E-state index in [1.807, 2.05) is 27.7 Å². The van der Waals surface area contributed by atoms with Crippen molar-refractivity contribution in [2.24, 2.45) is 0 Å². The second-order valence-electron chi connectivity index (χ2n) is 7.17. The average Bonchev–Trinajstić information content (AvgIpc) is 3.13. The van der Waals surface area contributed by atoms with Gasteiger partial charge in [0, 0.05) is 13.7 Å². The van der Waals surface area contributed by atoms with Gasteiger partial charge >= 0.3 is 0 Å². The van der Waals surface area contributed by atoms with Crippen LogP contribution in [0.25, 0.3) is 0 Å². The van der Waals surface area contributed by atoms with Crippen molar-refractivity contribution in [2.75, 3.05) is 27.1 Å². The van der Waals surface area contributed by atoms with Crippen LogP contribution in [0.15, 0.2) is 0 Å². The zero-order valence-corrected chi connectivity index (χ0v) is 14.6. The Hall–Kier alpha value is -0.280. The van der Waals surface area contributed by atoms with E-state index in [0.717, 1.165) is 6.42 Å². The first-order valence-electron chi connectivity index (χ1n) is 8.21. The lowest BCUT2D eigenvalue weighted by atomic mass is 9.99. The van der Waals surface area contributed by atoms with Gasteiger partial charge in [-0.15, -0.1) is 0 Å². The maximum atomic E-state index is 6.13. The first-order valence-corrected chi connectivity index (χ1v) is 8.21. The van der Waals surface area contributed by atoms with E-state index in [-0.39, 0.29) is 37.3 Å². The SMILES string of the molecule is COCO[C@@H]1CCO[C@@H]1[C@@H]1OC(C)(C)O[C@H]1[C@H]1COC(C)(C)O1. The number of methoxy groups -OCH3 is 1. The summed E-state index contributed by atoms with van der Waals surface area (Å²) >= 11 is 0. The zero-order valence-electron chi connectivity index (χ0n) is 14.6. The molecule has 3 aliphatic rings. The quantitative estimate of drug-likeness (QED) is 0.706. The average molecular weight is 332 g/mol. The minimum atomic E-state index is -0.691. The summed E-state index contributed by atoms with van der Waals surface area (Å²) in [6.07, 6.45) is -0.182. The Labute approximate surface area is 137 Å². The molecule has 134 valence electrons. The predicted octanol–water partition coefficient (Wildman–Crippen LogP) is 1.44. The van der Waals surface area contributed by atoms with Crippen molar-refractivity contribution in [2.45, 2.75) is 76.2 Å². The van der Waals surface area contributed by atoms with Gasteiger partial charge in [-0.2, -0.15) is 0 Å². The molecule has 0 aromatic heterocycles. The van der Waals surface area contributed by atoms with Crippen LogP contribution in [0.1, 0.15) is 34.1 Å². The van der Waals surface area contributed by atoms with Gasteiger partial charge in [0.1, 0.15) is 31.2 Å². The Kier molecular flexibility index (Phi) is 5.00. The first kappa shape index (κ1) is 17.5. The third-order valence-electron chi connectivity index (χ3n) is 4.36. The van der Waals surface area contributed by atoms with Crippen molar-refractivity contribution >= 4 is 0 Å². The fourth-order valence-corrected chi connectivity index (χ4v) is 3.47. The Morgan fingerprint density at radius 3 is 2.35 bits per heavy atom. The molecule has 3 aliphatic heterocycles. The minimum absolute atomic E-state index is 0.0738. The molecule has 0 bridgehead atoms. The molecular weight excluding hydrogens is 304 g/mol. The molecule has 0 aliphatic carbocycles. The second-order valence-corrected chi connectivity index (χ2v) is 7.17. The summed E-state index contributed by atoms with van der Waals surface area (Å²) in [4.78, 5) is 0. The highest BCUT2D eigenvalue weighted by Crippen LogP contribution is 2.39. The molecule has 5 atom stereocenters.